The van der Waals surface area contributed by atoms with Crippen LogP contribution in [0, 0.1) is 0 Å². The number of carbonyl (C=O) groups is 2. The number of nitrogens with zero attached hydrogens (tertiary/aromatic N) is 2. The number of carbonyl (C=O) groups excluding carboxylic acids is 1. The van der Waals surface area contributed by atoms with Crippen molar-refractivity contribution in [2.75, 3.05) is 59.7 Å². The van der Waals surface area contributed by atoms with E-state index in [1.54, 1.807) is 11.0 Å². The van der Waals surface area contributed by atoms with Crippen molar-refractivity contribution in [1.29, 1.82) is 0 Å². The average molecular weight is 673 g/mol. The van der Waals surface area contributed by atoms with Gasteiger partial charge in [0.25, 0.3) is 5.91 Å². The zero-order valence-electron chi connectivity index (χ0n) is 26.1. The average Bonchev–Trinajstić information content (AvgIpc) is 3.66. The van der Waals surface area contributed by atoms with Crippen molar-refractivity contribution in [2.24, 2.45) is 0 Å². The summed E-state index contributed by atoms with van der Waals surface area (Å²) in [6.07, 6.45) is 7.69. The number of thioether (sulfide) groups is 1. The number of hydrogen-bond donors (Lipinski definition) is 1. The van der Waals surface area contributed by atoms with Gasteiger partial charge in [0.05, 0.1) is 37.4 Å². The van der Waals surface area contributed by atoms with Gasteiger partial charge >= 0.3 is 5.97 Å². The molecule has 2 aliphatic heterocycles. The minimum Gasteiger partial charge on any atom is -0.493 e. The Kier molecular flexibility index (Phi) is 10.6. The van der Waals surface area contributed by atoms with Crippen molar-refractivity contribution in [3.63, 3.8) is 0 Å². The predicted molar refractivity (Wildman–Crippen MR) is 187 cm³/mol. The highest BCUT2D eigenvalue weighted by atomic mass is 32.2. The Morgan fingerprint density at radius 1 is 1.00 bits per heavy atom. The lowest BCUT2D eigenvalue weighted by molar-refractivity contribution is -0.122. The van der Waals surface area contributed by atoms with Crippen molar-refractivity contribution in [3.05, 3.63) is 87.8 Å². The standard InChI is InChI=1S/C36H36N2O7S2/c1-42-32-23-28(35(40)41)9-11-31(32)44-16-3-12-38-34(39)33(47-36(38)46)21-24-6-10-30(45-19-15-37-13-17-43-18-14-37)29(20-24)27-8-7-25-4-2-5-26(25)22-27/h2,5-11,20-23H,3-4,12-19H2,1H3,(H,40,41)/b33-21-. The van der Waals surface area contributed by atoms with Crippen LogP contribution < -0.4 is 14.2 Å². The molecule has 6 rings (SSSR count). The number of hydrogen-bond acceptors (Lipinski definition) is 9. The van der Waals surface area contributed by atoms with Gasteiger partial charge in [-0.3, -0.25) is 14.6 Å². The maximum absolute atomic E-state index is 13.4. The molecule has 1 amide bonds. The molecular formula is C36H36N2O7S2. The number of methoxy groups -OCH3 is 1. The van der Waals surface area contributed by atoms with Crippen LogP contribution >= 0.6 is 24.0 Å². The van der Waals surface area contributed by atoms with Crippen LogP contribution in [0.1, 0.15) is 33.5 Å². The lowest BCUT2D eigenvalue weighted by Crippen LogP contribution is -2.38. The van der Waals surface area contributed by atoms with Crippen molar-refractivity contribution in [2.45, 2.75) is 12.8 Å². The first-order valence-electron chi connectivity index (χ1n) is 15.6. The van der Waals surface area contributed by atoms with Gasteiger partial charge in [-0.15, -0.1) is 0 Å². The third kappa shape index (κ3) is 7.87. The van der Waals surface area contributed by atoms with Crippen LogP contribution in [0.5, 0.6) is 17.2 Å². The van der Waals surface area contributed by atoms with Crippen LogP contribution in [0.15, 0.2) is 65.6 Å². The highest BCUT2D eigenvalue weighted by molar-refractivity contribution is 8.26. The predicted octanol–water partition coefficient (Wildman–Crippen LogP) is 6.01. The molecule has 11 heteroatoms. The normalized spacial score (nSPS) is 17.0. The molecule has 3 aromatic carbocycles. The molecule has 3 aromatic rings. The Morgan fingerprint density at radius 2 is 1.81 bits per heavy atom. The van der Waals surface area contributed by atoms with Crippen LogP contribution in [0.3, 0.4) is 0 Å². The lowest BCUT2D eigenvalue weighted by atomic mass is 9.98. The molecule has 0 unspecified atom stereocenters. The molecule has 244 valence electrons. The molecule has 2 heterocycles. The Bertz CT molecular complexity index is 1730. The summed E-state index contributed by atoms with van der Waals surface area (Å²) in [5.41, 5.74) is 5.56. The molecule has 3 aliphatic rings. The van der Waals surface area contributed by atoms with Gasteiger partial charge < -0.3 is 24.1 Å². The minimum atomic E-state index is -1.04. The van der Waals surface area contributed by atoms with E-state index < -0.39 is 5.97 Å². The molecule has 0 atom stereocenters. The minimum absolute atomic E-state index is 0.112. The maximum Gasteiger partial charge on any atom is 0.335 e. The molecular weight excluding hydrogens is 637 g/mol. The van der Waals surface area contributed by atoms with E-state index >= 15 is 0 Å². The highest BCUT2D eigenvalue weighted by Gasteiger charge is 2.31. The van der Waals surface area contributed by atoms with E-state index in [4.69, 9.17) is 31.2 Å². The molecule has 0 bridgehead atoms. The van der Waals surface area contributed by atoms with Crippen molar-refractivity contribution in [1.82, 2.24) is 9.80 Å². The van der Waals surface area contributed by atoms with Crippen molar-refractivity contribution in [3.8, 4) is 28.4 Å². The van der Waals surface area contributed by atoms with Gasteiger partial charge in [0, 0.05) is 31.7 Å². The number of carboxylic acid groups (broad SMARTS) is 1. The topological polar surface area (TPSA) is 97.8 Å². The smallest absolute Gasteiger partial charge is 0.335 e. The molecule has 1 aliphatic carbocycles. The summed E-state index contributed by atoms with van der Waals surface area (Å²) in [4.78, 5) is 29.2. The molecule has 0 aromatic heterocycles. The molecule has 0 spiro atoms. The summed E-state index contributed by atoms with van der Waals surface area (Å²) in [5.74, 6) is 0.393. The summed E-state index contributed by atoms with van der Waals surface area (Å²) in [7, 11) is 1.46. The number of allylic oxidation sites excluding steroid dienone is 1. The van der Waals surface area contributed by atoms with Gasteiger partial charge in [-0.2, -0.15) is 0 Å². The Balaban J connectivity index is 1.13. The van der Waals surface area contributed by atoms with Gasteiger partial charge in [-0.05, 0) is 77.6 Å². The SMILES string of the molecule is COc1cc(C(=O)O)ccc1OCCCN1C(=O)/C(=C/c2ccc(OCCN3CCOCC3)c(-c3ccc4c(c3)C=CC4)c2)SC1=S. The fourth-order valence-corrected chi connectivity index (χ4v) is 6.99. The van der Waals surface area contributed by atoms with E-state index in [1.807, 2.05) is 18.2 Å². The number of fused-ring (bicyclic) bond motifs is 1. The van der Waals surface area contributed by atoms with E-state index in [1.165, 1.54) is 42.1 Å². The van der Waals surface area contributed by atoms with E-state index in [0.29, 0.717) is 46.9 Å². The van der Waals surface area contributed by atoms with E-state index in [-0.39, 0.29) is 11.5 Å². The van der Waals surface area contributed by atoms with E-state index in [9.17, 15) is 14.7 Å². The Labute approximate surface area is 283 Å². The van der Waals surface area contributed by atoms with Crippen LogP contribution in [0.2, 0.25) is 0 Å². The third-order valence-electron chi connectivity index (χ3n) is 8.23. The first-order valence-corrected chi connectivity index (χ1v) is 16.8. The maximum atomic E-state index is 13.4. The van der Waals surface area contributed by atoms with Gasteiger partial charge in [0.15, 0.2) is 11.5 Å². The first kappa shape index (κ1) is 32.8. The first-order chi connectivity index (χ1) is 22.9. The Hall–Kier alpha value is -4.16. The van der Waals surface area contributed by atoms with Crippen LogP contribution in [-0.2, 0) is 16.0 Å². The molecule has 47 heavy (non-hydrogen) atoms. The summed E-state index contributed by atoms with van der Waals surface area (Å²) < 4.78 is 23.4. The number of morpholine rings is 1. The largest absolute Gasteiger partial charge is 0.493 e. The number of thiocarbonyl (C=S) groups is 1. The van der Waals surface area contributed by atoms with Crippen LogP contribution in [0.4, 0.5) is 0 Å². The number of benzene rings is 3. The van der Waals surface area contributed by atoms with Gasteiger partial charge in [0.1, 0.15) is 16.7 Å². The number of amides is 1. The number of aromatic carboxylic acids is 1. The number of rotatable bonds is 13. The quantitative estimate of drug-likeness (QED) is 0.132. The Morgan fingerprint density at radius 3 is 2.62 bits per heavy atom. The van der Waals surface area contributed by atoms with Crippen molar-refractivity contribution >= 4 is 52.3 Å². The molecule has 0 radical (unpaired) electrons. The van der Waals surface area contributed by atoms with Crippen molar-refractivity contribution < 1.29 is 33.6 Å². The second-order valence-corrected chi connectivity index (χ2v) is 13.0. The van der Waals surface area contributed by atoms with E-state index in [0.717, 1.165) is 61.7 Å². The molecule has 2 saturated heterocycles. The fraction of sp³-hybridized carbons (Fsp3) is 0.306. The third-order valence-corrected chi connectivity index (χ3v) is 9.61. The zero-order chi connectivity index (χ0) is 32.8. The summed E-state index contributed by atoms with van der Waals surface area (Å²) in [6, 6.07) is 17.0. The van der Waals surface area contributed by atoms with E-state index in [2.05, 4.69) is 41.3 Å². The monoisotopic (exact) mass is 672 g/mol. The number of carboxylic acids is 1. The van der Waals surface area contributed by atoms with Crippen LogP contribution in [-0.4, -0.2) is 90.8 Å². The molecule has 9 nitrogen and oxygen atoms in total. The van der Waals surface area contributed by atoms with Gasteiger partial charge in [-0.25, -0.2) is 4.79 Å². The second-order valence-electron chi connectivity index (χ2n) is 11.3. The summed E-state index contributed by atoms with van der Waals surface area (Å²) >= 11 is 6.86. The van der Waals surface area contributed by atoms with Gasteiger partial charge in [-0.1, -0.05) is 54.3 Å². The highest BCUT2D eigenvalue weighted by Crippen LogP contribution is 2.37. The number of ether oxygens (including phenoxy) is 4. The molecule has 2 fully saturated rings. The van der Waals surface area contributed by atoms with Crippen LogP contribution in [0.25, 0.3) is 23.3 Å². The fourth-order valence-electron chi connectivity index (χ4n) is 5.68. The second kappa shape index (κ2) is 15.2. The summed E-state index contributed by atoms with van der Waals surface area (Å²) in [5, 5.41) is 9.21. The van der Waals surface area contributed by atoms with Gasteiger partial charge in [0.2, 0.25) is 0 Å². The lowest BCUT2D eigenvalue weighted by Gasteiger charge is -2.26. The summed E-state index contributed by atoms with van der Waals surface area (Å²) in [6.45, 7) is 5.41. The zero-order valence-corrected chi connectivity index (χ0v) is 27.7. The molecule has 1 N–H and O–H groups in total. The molecule has 0 saturated carbocycles.